The average Bonchev–Trinajstić information content (AvgIpc) is 3.32. The number of alkyl halides is 2. The molecule has 0 aromatic rings. The summed E-state index contributed by atoms with van der Waals surface area (Å²) < 4.78 is 57.0. The lowest BCUT2D eigenvalue weighted by molar-refractivity contribution is -0.305. The quantitative estimate of drug-likeness (QED) is 0.402. The Kier molecular flexibility index (Phi) is 6.64. The predicted octanol–water partition coefficient (Wildman–Crippen LogP) is 3.66. The number of aliphatic hydroxyl groups excluding tert-OH is 2. The highest BCUT2D eigenvalue weighted by Crippen LogP contribution is 2.72. The molecule has 0 radical (unpaired) electrons. The first-order valence-corrected chi connectivity index (χ1v) is 13.7. The molecule has 12 atom stereocenters. The van der Waals surface area contributed by atoms with Crippen LogP contribution in [0.25, 0.3) is 0 Å². The zero-order chi connectivity index (χ0) is 28.8. The first-order valence-electron chi connectivity index (χ1n) is 13.7. The topological polar surface area (TPSA) is 118 Å². The van der Waals surface area contributed by atoms with E-state index in [9.17, 15) is 15.0 Å². The van der Waals surface area contributed by atoms with Gasteiger partial charge in [0.15, 0.2) is 12.3 Å². The maximum absolute atomic E-state index is 17.5. The van der Waals surface area contributed by atoms with Crippen molar-refractivity contribution in [1.29, 1.82) is 5.26 Å². The van der Waals surface area contributed by atoms with E-state index in [1.807, 2.05) is 27.7 Å². The van der Waals surface area contributed by atoms with E-state index in [0.29, 0.717) is 0 Å². The highest BCUT2D eigenvalue weighted by Gasteiger charge is 2.81. The SMILES string of the molecule is CC(OC1O[C@@H]2C[C@H]3C4C[C@H](F)C5=CC(O)C=CC5(C)[C@@]4(F)C(O)CC3(C)[C@]2(C(=O)OCC#N)O1)C(C)(C)C. The Bertz CT molecular complexity index is 1130. The summed E-state index contributed by atoms with van der Waals surface area (Å²) in [7, 11) is 0. The van der Waals surface area contributed by atoms with Gasteiger partial charge in [0.1, 0.15) is 18.3 Å². The molecule has 0 aromatic carbocycles. The Morgan fingerprint density at radius 1 is 1.28 bits per heavy atom. The molecule has 0 bridgehead atoms. The van der Waals surface area contributed by atoms with E-state index in [1.165, 1.54) is 18.2 Å². The zero-order valence-corrected chi connectivity index (χ0v) is 23.3. The summed E-state index contributed by atoms with van der Waals surface area (Å²) in [4.78, 5) is 13.7. The third kappa shape index (κ3) is 3.73. The number of allylic oxidation sites excluding steroid dienone is 2. The Morgan fingerprint density at radius 2 is 1.97 bits per heavy atom. The van der Waals surface area contributed by atoms with Gasteiger partial charge in [-0.25, -0.2) is 13.6 Å². The van der Waals surface area contributed by atoms with Gasteiger partial charge in [0.2, 0.25) is 5.60 Å². The van der Waals surface area contributed by atoms with Crippen LogP contribution in [0.1, 0.15) is 60.8 Å². The van der Waals surface area contributed by atoms with E-state index in [-0.39, 0.29) is 36.4 Å². The van der Waals surface area contributed by atoms with Gasteiger partial charge in [-0.15, -0.1) is 0 Å². The van der Waals surface area contributed by atoms with Crippen molar-refractivity contribution in [3.8, 4) is 6.07 Å². The Balaban J connectivity index is 1.56. The number of aliphatic hydroxyl groups is 2. The molecule has 5 rings (SSSR count). The van der Waals surface area contributed by atoms with Crippen molar-refractivity contribution in [2.45, 2.75) is 109 Å². The summed E-state index contributed by atoms with van der Waals surface area (Å²) in [6.07, 6.45) is -1.48. The van der Waals surface area contributed by atoms with E-state index in [4.69, 9.17) is 24.2 Å². The van der Waals surface area contributed by atoms with Gasteiger partial charge in [0.05, 0.1) is 18.3 Å². The van der Waals surface area contributed by atoms with Crippen molar-refractivity contribution in [2.24, 2.45) is 28.1 Å². The van der Waals surface area contributed by atoms with Gasteiger partial charge in [-0.1, -0.05) is 39.8 Å². The largest absolute Gasteiger partial charge is 0.448 e. The van der Waals surface area contributed by atoms with E-state index in [1.54, 1.807) is 19.9 Å². The van der Waals surface area contributed by atoms with Crippen molar-refractivity contribution in [3.63, 3.8) is 0 Å². The van der Waals surface area contributed by atoms with Crippen molar-refractivity contribution in [3.05, 3.63) is 23.8 Å². The molecule has 1 aliphatic heterocycles. The highest BCUT2D eigenvalue weighted by atomic mass is 19.1. The number of nitrogens with zero attached hydrogens (tertiary/aromatic N) is 1. The average molecular weight is 552 g/mol. The van der Waals surface area contributed by atoms with Crippen molar-refractivity contribution >= 4 is 5.97 Å². The number of carbonyl (C=O) groups excluding carboxylic acids is 1. The Labute approximate surface area is 227 Å². The second-order valence-corrected chi connectivity index (χ2v) is 13.4. The van der Waals surface area contributed by atoms with Crippen molar-refractivity contribution in [2.75, 3.05) is 6.61 Å². The lowest BCUT2D eigenvalue weighted by Crippen LogP contribution is -2.71. The van der Waals surface area contributed by atoms with Gasteiger partial charge in [-0.3, -0.25) is 0 Å². The molecule has 5 aliphatic rings. The summed E-state index contributed by atoms with van der Waals surface area (Å²) in [5, 5.41) is 30.8. The molecule has 8 nitrogen and oxygen atoms in total. The van der Waals surface area contributed by atoms with Crippen molar-refractivity contribution < 1.29 is 42.7 Å². The van der Waals surface area contributed by atoms with Crippen LogP contribution < -0.4 is 0 Å². The van der Waals surface area contributed by atoms with Crippen LogP contribution in [0.3, 0.4) is 0 Å². The molecular formula is C29H39F2NO7. The molecule has 1 heterocycles. The molecule has 39 heavy (non-hydrogen) atoms. The van der Waals surface area contributed by atoms with E-state index in [0.717, 1.165) is 0 Å². The van der Waals surface area contributed by atoms with Crippen LogP contribution in [0, 0.1) is 39.4 Å². The number of nitriles is 1. The van der Waals surface area contributed by atoms with Crippen LogP contribution in [0.15, 0.2) is 23.8 Å². The molecule has 216 valence electrons. The summed E-state index contributed by atoms with van der Waals surface area (Å²) >= 11 is 0. The maximum atomic E-state index is 17.5. The number of esters is 1. The Morgan fingerprint density at radius 3 is 2.62 bits per heavy atom. The number of ether oxygens (including phenoxy) is 4. The smallest absolute Gasteiger partial charge is 0.343 e. The first-order chi connectivity index (χ1) is 18.1. The fraction of sp³-hybridized carbons (Fsp3) is 0.793. The lowest BCUT2D eigenvalue weighted by Gasteiger charge is -2.63. The molecule has 0 aromatic heterocycles. The molecule has 0 amide bonds. The monoisotopic (exact) mass is 551 g/mol. The molecule has 10 heteroatoms. The van der Waals surface area contributed by atoms with Crippen LogP contribution in [-0.2, 0) is 23.7 Å². The van der Waals surface area contributed by atoms with Gasteiger partial charge < -0.3 is 29.2 Å². The van der Waals surface area contributed by atoms with Crippen LogP contribution in [0.2, 0.25) is 0 Å². The van der Waals surface area contributed by atoms with Gasteiger partial charge in [0, 0.05) is 16.7 Å². The zero-order valence-electron chi connectivity index (χ0n) is 23.3. The van der Waals surface area contributed by atoms with Crippen LogP contribution in [0.5, 0.6) is 0 Å². The van der Waals surface area contributed by atoms with Gasteiger partial charge >= 0.3 is 5.97 Å². The number of halogens is 2. The first kappa shape index (κ1) is 28.6. The lowest BCUT2D eigenvalue weighted by atomic mass is 9.44. The fourth-order valence-electron chi connectivity index (χ4n) is 8.02. The molecule has 2 N–H and O–H groups in total. The number of hydrogen-bond acceptors (Lipinski definition) is 8. The molecule has 7 unspecified atom stereocenters. The third-order valence-corrected chi connectivity index (χ3v) is 10.6. The minimum Gasteiger partial charge on any atom is -0.448 e. The standard InChI is InChI=1S/C29H39F2NO7/c1-15(25(2,3)4)37-24-38-22-13-17-18-12-20(30)19-11-16(33)7-8-26(19,5)28(18,31)21(34)14-27(17,6)29(22,39-24)23(35)36-10-9-32/h7-8,11,15-18,20-22,24,33-34H,10,12-14H2,1-6H3/t15?,16?,17-,18?,20-,21?,22+,24?,26?,27?,28-,29-/m0/s1. The van der Waals surface area contributed by atoms with E-state index in [2.05, 4.69) is 0 Å². The van der Waals surface area contributed by atoms with Gasteiger partial charge in [0.25, 0.3) is 6.48 Å². The second-order valence-electron chi connectivity index (χ2n) is 13.4. The number of hydrogen-bond donors (Lipinski definition) is 2. The van der Waals surface area contributed by atoms with Gasteiger partial charge in [-0.2, -0.15) is 5.26 Å². The van der Waals surface area contributed by atoms with Gasteiger partial charge in [-0.05, 0) is 56.1 Å². The molecule has 1 saturated heterocycles. The molecule has 3 saturated carbocycles. The normalized spacial score (nSPS) is 49.2. The summed E-state index contributed by atoms with van der Waals surface area (Å²) in [5.74, 6) is -2.45. The van der Waals surface area contributed by atoms with Crippen LogP contribution in [-0.4, -0.2) is 71.1 Å². The second kappa shape index (κ2) is 9.05. The van der Waals surface area contributed by atoms with Crippen molar-refractivity contribution in [1.82, 2.24) is 0 Å². The summed E-state index contributed by atoms with van der Waals surface area (Å²) in [6, 6.07) is 1.79. The summed E-state index contributed by atoms with van der Waals surface area (Å²) in [5.41, 5.74) is -6.91. The van der Waals surface area contributed by atoms with E-state index < -0.39 is 77.5 Å². The molecule has 4 aliphatic carbocycles. The number of carbonyl (C=O) groups is 1. The molecule has 0 spiro atoms. The number of rotatable bonds is 4. The maximum Gasteiger partial charge on any atom is 0.343 e. The number of fused-ring (bicyclic) bond motifs is 7. The minimum absolute atomic E-state index is 0.123. The van der Waals surface area contributed by atoms with Crippen LogP contribution in [0.4, 0.5) is 8.78 Å². The fourth-order valence-corrected chi connectivity index (χ4v) is 8.02. The summed E-state index contributed by atoms with van der Waals surface area (Å²) in [6.45, 7) is 9.36. The minimum atomic E-state index is -2.27. The Hall–Kier alpha value is -1.90. The predicted molar refractivity (Wildman–Crippen MR) is 134 cm³/mol. The molecular weight excluding hydrogens is 512 g/mol. The van der Waals surface area contributed by atoms with E-state index >= 15 is 8.78 Å². The molecule has 4 fully saturated rings. The third-order valence-electron chi connectivity index (χ3n) is 10.6. The highest BCUT2D eigenvalue weighted by molar-refractivity contribution is 5.83. The van der Waals surface area contributed by atoms with Crippen LogP contribution >= 0.6 is 0 Å².